The molecule has 0 spiro atoms. The van der Waals surface area contributed by atoms with Crippen LogP contribution in [-0.4, -0.2) is 133 Å². The van der Waals surface area contributed by atoms with Crippen molar-refractivity contribution < 1.29 is 76.3 Å². The molecule has 1 saturated carbocycles. The van der Waals surface area contributed by atoms with Crippen LogP contribution in [-0.2, 0) is 50.3 Å². The van der Waals surface area contributed by atoms with Gasteiger partial charge in [0.05, 0.1) is 91.9 Å². The minimum Gasteiger partial charge on any atom is -0.322 e. The van der Waals surface area contributed by atoms with E-state index < -0.39 is 76.7 Å². The Balaban J connectivity index is 0.000000144. The van der Waals surface area contributed by atoms with Crippen molar-refractivity contribution in [2.75, 3.05) is 45.8 Å². The zero-order valence-electron chi connectivity index (χ0n) is 68.2. The summed E-state index contributed by atoms with van der Waals surface area (Å²) in [7, 11) is 0. The Morgan fingerprint density at radius 1 is 0.437 bits per heavy atom. The van der Waals surface area contributed by atoms with Crippen LogP contribution in [0.1, 0.15) is 198 Å². The highest BCUT2D eigenvalue weighted by Gasteiger charge is 2.47. The van der Waals surface area contributed by atoms with E-state index >= 15 is 0 Å². The lowest BCUT2D eigenvalue weighted by Crippen LogP contribution is -2.30. The van der Waals surface area contributed by atoms with E-state index in [1.165, 1.54) is 69.5 Å². The molecule has 5 aliphatic rings. The number of aryl methyl sites for hydroxylation is 3. The molecule has 17 rings (SSSR count). The number of hydrogen-bond donors (Lipinski definition) is 0. The Bertz CT molecular complexity index is 5800. The molecule has 4 aliphatic heterocycles. The number of anilines is 4. The first-order valence-electron chi connectivity index (χ1n) is 39.7. The molecule has 4 saturated heterocycles. The molecular weight excluding hydrogens is 1760 g/mol. The predicted molar refractivity (Wildman–Crippen MR) is 445 cm³/mol. The van der Waals surface area contributed by atoms with Crippen molar-refractivity contribution >= 4 is 92.9 Å². The third kappa shape index (κ3) is 18.3. The van der Waals surface area contributed by atoms with Gasteiger partial charge in [0.15, 0.2) is 28.6 Å². The molecular formula is C84H84Cl4F13N21O4. The lowest BCUT2D eigenvalue weighted by atomic mass is 9.82. The molecule has 126 heavy (non-hydrogen) atoms. The first-order valence-corrected chi connectivity index (χ1v) is 41.2. The van der Waals surface area contributed by atoms with Crippen molar-refractivity contribution in [2.45, 2.75) is 188 Å². The van der Waals surface area contributed by atoms with E-state index in [0.29, 0.717) is 89.8 Å². The lowest BCUT2D eigenvalue weighted by Gasteiger charge is -2.29. The number of imidazole rings is 3. The number of carbonyl (C=O) groups excluding carboxylic acids is 4. The van der Waals surface area contributed by atoms with Gasteiger partial charge >= 0.3 is 24.7 Å². The molecule has 2 unspecified atom stereocenters. The first-order chi connectivity index (χ1) is 59.0. The van der Waals surface area contributed by atoms with Crippen LogP contribution < -0.4 is 19.6 Å². The highest BCUT2D eigenvalue weighted by Crippen LogP contribution is 2.47. The Labute approximate surface area is 733 Å². The van der Waals surface area contributed by atoms with Crippen molar-refractivity contribution in [3.63, 3.8) is 0 Å². The second kappa shape index (κ2) is 36.2. The summed E-state index contributed by atoms with van der Waals surface area (Å²) in [4.78, 5) is 69.9. The second-order valence-electron chi connectivity index (χ2n) is 31.1. The predicted octanol–water partition coefficient (Wildman–Crippen LogP) is 20.4. The normalized spacial score (nSPS) is 17.7. The van der Waals surface area contributed by atoms with E-state index in [4.69, 9.17) is 46.4 Å². The molecule has 1 aliphatic carbocycles. The maximum absolute atomic E-state index is 13.3. The highest BCUT2D eigenvalue weighted by molar-refractivity contribution is 6.32. The van der Waals surface area contributed by atoms with Crippen molar-refractivity contribution in [1.82, 2.24) is 82.8 Å². The van der Waals surface area contributed by atoms with Crippen LogP contribution in [0.4, 0.5) is 80.0 Å². The standard InChI is InChI=1S/C22H21ClF3N5O.C21H21ClF3N5O.C20H18ClF4N5O.C20H20ClF3N6O.CH4/c1-13-28-19(22(24,25)26)12-30(13)17-9-10-29(21(17)32)18-11-27-31(20(18)14-3-2-4-14)16-7-5-15(23)6-8-16;1-12(2)19-17(10-26-30(19)15-6-4-14(22)5-7-15)28-9-8-16(20(28)31)29-11-18(21(23,24)25)27-13(29)3;1-3-14-16(10-26-30(14)13-6-4-12(22)5-7-13)28-9-8-15(19(28)31)29-11(2)17(21)18(27-29)20(23,24)25;1-11(2)17-18(26-27-30(17)14-6-4-13(21)5-7-14)28-9-8-15(19(28)31)29-10-16(20(22,23)24)25-12(29)3;/h5-8,11-12,14,17H,2-4,9-10H2,1H3;4-7,10-12,16H,8-9H2,1-3H3;4-7,10,15H,3,8-9H2,1-2H3;4-7,10-11,15H,8-9H2,1-3H3;1H4/t;16-;;15-;/m.0.0./s1. The van der Waals surface area contributed by atoms with Crippen LogP contribution >= 0.6 is 46.4 Å². The van der Waals surface area contributed by atoms with Gasteiger partial charge in [-0.05, 0) is 182 Å². The van der Waals surface area contributed by atoms with Gasteiger partial charge in [0.1, 0.15) is 47.5 Å². The number of nitrogens with zero attached hydrogens (tertiary/aromatic N) is 21. The van der Waals surface area contributed by atoms with E-state index in [0.717, 1.165) is 88.1 Å². The number of alkyl halides is 12. The zero-order valence-corrected chi connectivity index (χ0v) is 71.2. The largest absolute Gasteiger partial charge is 0.436 e. The monoisotopic (exact) mass is 1840 g/mol. The first kappa shape index (κ1) is 92.3. The fourth-order valence-electron chi connectivity index (χ4n) is 16.2. The van der Waals surface area contributed by atoms with Crippen LogP contribution in [0.25, 0.3) is 22.7 Å². The van der Waals surface area contributed by atoms with Crippen LogP contribution in [0.15, 0.2) is 134 Å². The Morgan fingerprint density at radius 3 is 1.21 bits per heavy atom. The van der Waals surface area contributed by atoms with Crippen molar-refractivity contribution in [2.24, 2.45) is 0 Å². The van der Waals surface area contributed by atoms with Gasteiger partial charge < -0.3 is 28.4 Å². The summed E-state index contributed by atoms with van der Waals surface area (Å²) in [5.74, 6) is -0.410. The number of benzene rings is 4. The van der Waals surface area contributed by atoms with E-state index in [-0.39, 0.29) is 84.2 Å². The molecule has 5 fully saturated rings. The molecule has 8 aromatic heterocycles. The summed E-state index contributed by atoms with van der Waals surface area (Å²) in [6.45, 7) is 17.1. The average molecular weight is 1840 g/mol. The van der Waals surface area contributed by atoms with E-state index in [2.05, 4.69) is 45.7 Å². The molecule has 12 aromatic rings. The molecule has 0 radical (unpaired) electrons. The average Bonchev–Trinajstić information content (AvgIpc) is 1.62. The molecule has 0 bridgehead atoms. The van der Waals surface area contributed by atoms with Gasteiger partial charge in [0.25, 0.3) is 11.8 Å². The molecule has 0 N–H and O–H groups in total. The third-order valence-corrected chi connectivity index (χ3v) is 23.6. The summed E-state index contributed by atoms with van der Waals surface area (Å²) < 4.78 is 182. The molecule has 42 heteroatoms. The van der Waals surface area contributed by atoms with Gasteiger partial charge in [0, 0.05) is 65.8 Å². The Kier molecular flexibility index (Phi) is 26.5. The summed E-state index contributed by atoms with van der Waals surface area (Å²) in [5, 5.41) is 26.8. The SMILES string of the molecule is C.CCc1c(N2CCC(n3nc(C(F)(F)F)c(Cl)c3C)C2=O)cnn1-c1ccc(F)cc1.Cc1nc(C(F)(F)F)cn1C1CCN(c2cnn(-c3ccc(Cl)cc3)c2C2CCC2)C1=O.Cc1nc(C(F)(F)F)cn1[C@H]1CCN(c2cnn(-c3ccc(Cl)cc3)c2C(C)C)C1=O.Cc1nc(C(F)(F)F)cn1[C@H]1CCN(c2nnn(-c3ccc(Cl)cc3)c2C(C)C)C1=O. The van der Waals surface area contributed by atoms with Gasteiger partial charge in [-0.15, -0.1) is 5.10 Å². The Morgan fingerprint density at radius 2 is 0.802 bits per heavy atom. The van der Waals surface area contributed by atoms with E-state index in [1.807, 2.05) is 63.6 Å². The summed E-state index contributed by atoms with van der Waals surface area (Å²) in [5.41, 5.74) is 4.17. The number of halogens is 17. The molecule has 12 heterocycles. The quantitative estimate of drug-likeness (QED) is 0.0819. The van der Waals surface area contributed by atoms with Crippen molar-refractivity contribution in [3.8, 4) is 22.7 Å². The molecule has 4 atom stereocenters. The molecule has 4 aromatic carbocycles. The summed E-state index contributed by atoms with van der Waals surface area (Å²) >= 11 is 23.8. The van der Waals surface area contributed by atoms with Crippen LogP contribution in [0.5, 0.6) is 0 Å². The maximum Gasteiger partial charge on any atom is 0.436 e. The Hall–Kier alpha value is -11.4. The van der Waals surface area contributed by atoms with Gasteiger partial charge in [-0.25, -0.2) is 38.1 Å². The fraction of sp³-hybridized carbons (Fsp3) is 0.393. The van der Waals surface area contributed by atoms with Gasteiger partial charge in [-0.3, -0.25) is 28.8 Å². The van der Waals surface area contributed by atoms with E-state index in [1.54, 1.807) is 96.9 Å². The number of amides is 4. The van der Waals surface area contributed by atoms with E-state index in [9.17, 15) is 76.3 Å². The van der Waals surface area contributed by atoms with Gasteiger partial charge in [-0.2, -0.15) is 73.1 Å². The summed E-state index contributed by atoms with van der Waals surface area (Å²) in [6.07, 6.45) is -5.70. The zero-order chi connectivity index (χ0) is 90.1. The smallest absolute Gasteiger partial charge is 0.322 e. The maximum atomic E-state index is 13.3. The lowest BCUT2D eigenvalue weighted by molar-refractivity contribution is -0.142. The minimum atomic E-state index is -4.71. The second-order valence-corrected chi connectivity index (χ2v) is 32.7. The highest BCUT2D eigenvalue weighted by atomic mass is 35.5. The third-order valence-electron chi connectivity index (χ3n) is 22.4. The number of aromatic nitrogens is 17. The summed E-state index contributed by atoms with van der Waals surface area (Å²) in [6, 6.07) is 24.3. The molecule has 4 amide bonds. The minimum absolute atomic E-state index is 0. The van der Waals surface area contributed by atoms with Crippen LogP contribution in [0, 0.1) is 33.5 Å². The number of rotatable bonds is 16. The van der Waals surface area contributed by atoms with Gasteiger partial charge in [-0.1, -0.05) is 100 Å². The molecule has 25 nitrogen and oxygen atoms in total. The fourth-order valence-corrected chi connectivity index (χ4v) is 16.8. The molecule has 668 valence electrons. The number of hydrogen-bond acceptors (Lipinski definition) is 13. The van der Waals surface area contributed by atoms with Crippen LogP contribution in [0.3, 0.4) is 0 Å². The topological polar surface area (TPSA) is 237 Å². The van der Waals surface area contributed by atoms with Crippen LogP contribution in [0.2, 0.25) is 20.1 Å². The number of carbonyl (C=O) groups is 4. The van der Waals surface area contributed by atoms with Crippen molar-refractivity contribution in [1.29, 1.82) is 0 Å². The van der Waals surface area contributed by atoms with Crippen molar-refractivity contribution in [3.05, 3.63) is 229 Å². The van der Waals surface area contributed by atoms with Gasteiger partial charge in [0.2, 0.25) is 11.8 Å².